The van der Waals surface area contributed by atoms with Gasteiger partial charge in [0, 0.05) is 25.0 Å². The average molecular weight is 365 g/mol. The van der Waals surface area contributed by atoms with Crippen LogP contribution in [0.15, 0.2) is 33.9 Å². The Balaban J connectivity index is 2.25. The van der Waals surface area contributed by atoms with Crippen LogP contribution in [0.5, 0.6) is 0 Å². The van der Waals surface area contributed by atoms with Crippen molar-refractivity contribution in [2.24, 2.45) is 7.05 Å². The molecule has 0 unspecified atom stereocenters. The van der Waals surface area contributed by atoms with Gasteiger partial charge >= 0.3 is 5.69 Å². The summed E-state index contributed by atoms with van der Waals surface area (Å²) in [7, 11) is 1.66. The van der Waals surface area contributed by atoms with E-state index in [1.165, 1.54) is 14.7 Å². The van der Waals surface area contributed by atoms with Gasteiger partial charge in [-0.2, -0.15) is 4.98 Å². The van der Waals surface area contributed by atoms with E-state index in [1.54, 1.807) is 14.0 Å². The van der Waals surface area contributed by atoms with Gasteiger partial charge in [-0.3, -0.25) is 22.9 Å². The third-order valence-electron chi connectivity index (χ3n) is 5.45. The zero-order chi connectivity index (χ0) is 19.5. The first-order chi connectivity index (χ1) is 12.9. The molecule has 140 valence electrons. The van der Waals surface area contributed by atoms with Crippen molar-refractivity contribution in [3.05, 3.63) is 62.1 Å². The molecule has 0 radical (unpaired) electrons. The molecule has 4 rings (SSSR count). The van der Waals surface area contributed by atoms with Crippen molar-refractivity contribution in [3.8, 4) is 5.69 Å². The molecular weight excluding hydrogens is 342 g/mol. The van der Waals surface area contributed by atoms with E-state index in [2.05, 4.69) is 23.6 Å². The predicted octanol–water partition coefficient (Wildman–Crippen LogP) is 2.34. The van der Waals surface area contributed by atoms with Crippen LogP contribution in [0.25, 0.3) is 22.6 Å². The lowest BCUT2D eigenvalue weighted by molar-refractivity contribution is 0.636. The Morgan fingerprint density at radius 1 is 1.04 bits per heavy atom. The van der Waals surface area contributed by atoms with Gasteiger partial charge in [-0.1, -0.05) is 25.1 Å². The van der Waals surface area contributed by atoms with Gasteiger partial charge in [-0.25, -0.2) is 4.79 Å². The van der Waals surface area contributed by atoms with Gasteiger partial charge in [0.2, 0.25) is 5.78 Å². The summed E-state index contributed by atoms with van der Waals surface area (Å²) in [5.41, 5.74) is 4.43. The van der Waals surface area contributed by atoms with Crippen LogP contribution in [-0.2, 0) is 20.0 Å². The van der Waals surface area contributed by atoms with Crippen LogP contribution in [0.4, 0.5) is 0 Å². The van der Waals surface area contributed by atoms with Gasteiger partial charge in [0.1, 0.15) is 0 Å². The van der Waals surface area contributed by atoms with Crippen molar-refractivity contribution < 1.29 is 0 Å². The van der Waals surface area contributed by atoms with Crippen molar-refractivity contribution >= 4 is 16.9 Å². The second kappa shape index (κ2) is 5.97. The molecule has 7 nitrogen and oxygen atoms in total. The first-order valence-corrected chi connectivity index (χ1v) is 9.20. The van der Waals surface area contributed by atoms with E-state index in [4.69, 9.17) is 4.98 Å². The molecule has 0 N–H and O–H groups in total. The second-order valence-corrected chi connectivity index (χ2v) is 6.80. The van der Waals surface area contributed by atoms with Crippen LogP contribution in [0.2, 0.25) is 0 Å². The summed E-state index contributed by atoms with van der Waals surface area (Å²) >= 11 is 0. The van der Waals surface area contributed by atoms with E-state index < -0.39 is 0 Å². The predicted molar refractivity (Wildman–Crippen MR) is 106 cm³/mol. The third kappa shape index (κ3) is 2.17. The van der Waals surface area contributed by atoms with Crippen LogP contribution in [-0.4, -0.2) is 23.1 Å². The van der Waals surface area contributed by atoms with E-state index in [9.17, 15) is 9.59 Å². The lowest BCUT2D eigenvalue weighted by Gasteiger charge is -2.11. The lowest BCUT2D eigenvalue weighted by Crippen LogP contribution is -2.38. The summed E-state index contributed by atoms with van der Waals surface area (Å²) < 4.78 is 6.67. The highest BCUT2D eigenvalue weighted by Gasteiger charge is 2.23. The van der Waals surface area contributed by atoms with Crippen molar-refractivity contribution in [1.29, 1.82) is 0 Å². The van der Waals surface area contributed by atoms with Gasteiger partial charge in [-0.15, -0.1) is 0 Å². The topological polar surface area (TPSA) is 66.2 Å². The molecule has 0 aliphatic heterocycles. The number of rotatable bonds is 3. The summed E-state index contributed by atoms with van der Waals surface area (Å²) in [6, 6.07) is 8.19. The first-order valence-electron chi connectivity index (χ1n) is 9.20. The van der Waals surface area contributed by atoms with Gasteiger partial charge < -0.3 is 0 Å². The fourth-order valence-corrected chi connectivity index (χ4v) is 3.85. The average Bonchev–Trinajstić information content (AvgIpc) is 3.16. The minimum atomic E-state index is -0.342. The van der Waals surface area contributed by atoms with Crippen molar-refractivity contribution in [1.82, 2.24) is 23.1 Å². The minimum Gasteiger partial charge on any atom is -0.282 e. The molecule has 0 saturated carbocycles. The molecule has 27 heavy (non-hydrogen) atoms. The first kappa shape index (κ1) is 17.3. The molecule has 4 aromatic rings. The largest absolute Gasteiger partial charge is 0.332 e. The van der Waals surface area contributed by atoms with Crippen LogP contribution >= 0.6 is 0 Å². The molecule has 0 spiro atoms. The fourth-order valence-electron chi connectivity index (χ4n) is 3.85. The highest BCUT2D eigenvalue weighted by atomic mass is 16.2. The summed E-state index contributed by atoms with van der Waals surface area (Å²) in [6.45, 7) is 8.26. The van der Waals surface area contributed by atoms with E-state index in [-0.39, 0.29) is 11.2 Å². The molecule has 1 aromatic carbocycles. The molecule has 0 bridgehead atoms. The van der Waals surface area contributed by atoms with Crippen molar-refractivity contribution in [3.63, 3.8) is 0 Å². The van der Waals surface area contributed by atoms with Crippen molar-refractivity contribution in [2.45, 2.75) is 40.7 Å². The van der Waals surface area contributed by atoms with Gasteiger partial charge in [0.05, 0.1) is 5.69 Å². The molecule has 0 fully saturated rings. The second-order valence-electron chi connectivity index (χ2n) is 6.80. The Kier molecular flexibility index (Phi) is 3.83. The van der Waals surface area contributed by atoms with Crippen molar-refractivity contribution in [2.75, 3.05) is 0 Å². The number of hydrogen-bond acceptors (Lipinski definition) is 3. The van der Waals surface area contributed by atoms with Crippen LogP contribution < -0.4 is 11.2 Å². The molecule has 0 saturated heterocycles. The number of hydrogen-bond donors (Lipinski definition) is 0. The number of benzene rings is 1. The lowest BCUT2D eigenvalue weighted by atomic mass is 10.1. The summed E-state index contributed by atoms with van der Waals surface area (Å²) in [6.07, 6.45) is 0.889. The molecule has 3 heterocycles. The monoisotopic (exact) mass is 365 g/mol. The van der Waals surface area contributed by atoms with E-state index in [0.29, 0.717) is 23.5 Å². The number of nitrogens with zero attached hydrogens (tertiary/aromatic N) is 5. The van der Waals surface area contributed by atoms with Gasteiger partial charge in [0.15, 0.2) is 11.2 Å². The molecule has 0 aliphatic rings. The molecule has 0 aliphatic carbocycles. The van der Waals surface area contributed by atoms with Gasteiger partial charge in [0.25, 0.3) is 5.56 Å². The standard InChI is InChI=1S/C20H23N5O2/c1-6-14-10-8-9-11-15(14)24-12(3)13(4)25-16-17(21-19(24)25)22(5)20(27)23(7-2)18(16)26/h8-11H,6-7H2,1-5H3. The number of aromatic nitrogens is 5. The molecule has 0 atom stereocenters. The van der Waals surface area contributed by atoms with E-state index in [0.717, 1.165) is 23.5 Å². The Labute approximate surface area is 156 Å². The maximum absolute atomic E-state index is 13.0. The zero-order valence-electron chi connectivity index (χ0n) is 16.3. The van der Waals surface area contributed by atoms with Crippen LogP contribution in [0.1, 0.15) is 30.8 Å². The quantitative estimate of drug-likeness (QED) is 0.560. The number of fused-ring (bicyclic) bond motifs is 3. The smallest absolute Gasteiger partial charge is 0.282 e. The summed E-state index contributed by atoms with van der Waals surface area (Å²) in [5, 5.41) is 0. The molecule has 3 aromatic heterocycles. The van der Waals surface area contributed by atoms with Gasteiger partial charge in [-0.05, 0) is 38.8 Å². The summed E-state index contributed by atoms with van der Waals surface area (Å²) in [4.78, 5) is 30.3. The Bertz CT molecular complexity index is 1320. The zero-order valence-corrected chi connectivity index (χ0v) is 16.3. The van der Waals surface area contributed by atoms with Crippen LogP contribution in [0.3, 0.4) is 0 Å². The Hall–Kier alpha value is -3.09. The normalized spacial score (nSPS) is 11.7. The highest BCUT2D eigenvalue weighted by Crippen LogP contribution is 2.26. The number of aryl methyl sites for hydroxylation is 3. The molecule has 0 amide bonds. The number of imidazole rings is 2. The fraction of sp³-hybridized carbons (Fsp3) is 0.350. The minimum absolute atomic E-state index is 0.299. The Morgan fingerprint density at radius 3 is 2.41 bits per heavy atom. The maximum Gasteiger partial charge on any atom is 0.332 e. The maximum atomic E-state index is 13.0. The summed E-state index contributed by atoms with van der Waals surface area (Å²) in [5.74, 6) is 0.654. The van der Waals surface area contributed by atoms with E-state index in [1.807, 2.05) is 30.4 Å². The molecule has 7 heteroatoms. The Morgan fingerprint density at radius 2 is 1.74 bits per heavy atom. The number of para-hydroxylation sites is 1. The molecular formula is C20H23N5O2. The highest BCUT2D eigenvalue weighted by molar-refractivity contribution is 5.77. The third-order valence-corrected chi connectivity index (χ3v) is 5.45. The van der Waals surface area contributed by atoms with Crippen LogP contribution in [0, 0.1) is 13.8 Å². The SMILES string of the molecule is CCc1ccccc1-n1c(C)c(C)n2c3c(=O)n(CC)c(=O)n(C)c3nc12. The van der Waals surface area contributed by atoms with E-state index >= 15 is 0 Å².